The second-order valence-corrected chi connectivity index (χ2v) is 5.77. The summed E-state index contributed by atoms with van der Waals surface area (Å²) in [7, 11) is 0. The van der Waals surface area contributed by atoms with E-state index in [2.05, 4.69) is 0 Å². The van der Waals surface area contributed by atoms with Crippen LogP contribution in [0.2, 0.25) is 0 Å². The van der Waals surface area contributed by atoms with Crippen molar-refractivity contribution >= 4 is 5.69 Å². The van der Waals surface area contributed by atoms with Crippen molar-refractivity contribution < 1.29 is 19.0 Å². The van der Waals surface area contributed by atoms with Crippen LogP contribution in [0, 0.1) is 5.82 Å². The van der Waals surface area contributed by atoms with Gasteiger partial charge in [0.25, 0.3) is 0 Å². The third kappa shape index (κ3) is 3.73. The molecule has 0 radical (unpaired) electrons. The van der Waals surface area contributed by atoms with E-state index < -0.39 is 6.10 Å². The molecule has 116 valence electrons. The van der Waals surface area contributed by atoms with E-state index in [9.17, 15) is 9.50 Å². The lowest BCUT2D eigenvalue weighted by atomic mass is 10.1. The summed E-state index contributed by atoms with van der Waals surface area (Å²) in [6.07, 6.45) is 2.33. The molecule has 0 aliphatic carbocycles. The molecule has 1 unspecified atom stereocenters. The Morgan fingerprint density at radius 2 is 2.19 bits per heavy atom. The zero-order valence-corrected chi connectivity index (χ0v) is 12.1. The second kappa shape index (κ2) is 6.73. The van der Waals surface area contributed by atoms with E-state index in [4.69, 9.17) is 9.47 Å². The average molecular weight is 295 g/mol. The van der Waals surface area contributed by atoms with E-state index in [0.29, 0.717) is 13.2 Å². The summed E-state index contributed by atoms with van der Waals surface area (Å²) in [5.74, 6) is -0.228. The highest BCUT2D eigenvalue weighted by Gasteiger charge is 2.23. The first-order chi connectivity index (χ1) is 10.2. The molecule has 1 saturated heterocycles. The van der Waals surface area contributed by atoms with Gasteiger partial charge in [-0.15, -0.1) is 0 Å². The molecule has 3 rings (SSSR count). The molecule has 1 aromatic carbocycles. The van der Waals surface area contributed by atoms with Crippen molar-refractivity contribution in [1.29, 1.82) is 0 Å². The van der Waals surface area contributed by atoms with Crippen LogP contribution in [0.25, 0.3) is 0 Å². The van der Waals surface area contributed by atoms with Gasteiger partial charge in [-0.1, -0.05) is 6.07 Å². The lowest BCUT2D eigenvalue weighted by Crippen LogP contribution is -2.35. The van der Waals surface area contributed by atoms with Gasteiger partial charge >= 0.3 is 0 Å². The third-order valence-electron chi connectivity index (χ3n) is 4.16. The summed E-state index contributed by atoms with van der Waals surface area (Å²) < 4.78 is 24.4. The number of halogens is 1. The molecule has 21 heavy (non-hydrogen) atoms. The molecular formula is C16H22FNO3. The molecule has 2 aliphatic rings. The van der Waals surface area contributed by atoms with Crippen LogP contribution < -0.4 is 4.90 Å². The van der Waals surface area contributed by atoms with Crippen LogP contribution in [0.1, 0.15) is 18.4 Å². The summed E-state index contributed by atoms with van der Waals surface area (Å²) in [5, 5.41) is 10.1. The monoisotopic (exact) mass is 295 g/mol. The number of aliphatic hydroxyl groups is 1. The Balaban J connectivity index is 1.49. The zero-order valence-electron chi connectivity index (χ0n) is 12.1. The Morgan fingerprint density at radius 1 is 1.38 bits per heavy atom. The van der Waals surface area contributed by atoms with Gasteiger partial charge in [0, 0.05) is 32.0 Å². The van der Waals surface area contributed by atoms with Crippen molar-refractivity contribution in [3.63, 3.8) is 0 Å². The topological polar surface area (TPSA) is 41.9 Å². The summed E-state index contributed by atoms with van der Waals surface area (Å²) in [6, 6.07) is 4.87. The average Bonchev–Trinajstić information content (AvgIpc) is 2.88. The molecule has 1 aromatic rings. The summed E-state index contributed by atoms with van der Waals surface area (Å²) in [5.41, 5.74) is 2.05. The number of benzene rings is 1. The standard InChI is InChI=1S/C16H22FNO3/c17-13-2-1-12-3-6-18(16(12)9-13)10-14(19)11-21-15-4-7-20-8-5-15/h1-2,9,14-15,19H,3-8,10-11H2. The van der Waals surface area contributed by atoms with Gasteiger partial charge < -0.3 is 19.5 Å². The number of rotatable bonds is 5. The number of fused-ring (bicyclic) bond motifs is 1. The number of aliphatic hydroxyl groups excluding tert-OH is 1. The number of ether oxygens (including phenoxy) is 2. The lowest BCUT2D eigenvalue weighted by Gasteiger charge is -2.26. The van der Waals surface area contributed by atoms with Gasteiger partial charge in [0.05, 0.1) is 18.8 Å². The van der Waals surface area contributed by atoms with E-state index in [1.54, 1.807) is 6.07 Å². The summed E-state index contributed by atoms with van der Waals surface area (Å²) in [6.45, 7) is 3.11. The quantitative estimate of drug-likeness (QED) is 0.898. The van der Waals surface area contributed by atoms with Crippen molar-refractivity contribution in [2.24, 2.45) is 0 Å². The molecule has 4 nitrogen and oxygen atoms in total. The van der Waals surface area contributed by atoms with Crippen molar-refractivity contribution in [3.05, 3.63) is 29.6 Å². The van der Waals surface area contributed by atoms with E-state index in [-0.39, 0.29) is 11.9 Å². The van der Waals surface area contributed by atoms with E-state index in [1.165, 1.54) is 6.07 Å². The predicted molar refractivity (Wildman–Crippen MR) is 78.1 cm³/mol. The van der Waals surface area contributed by atoms with Crippen LogP contribution in [0.5, 0.6) is 0 Å². The third-order valence-corrected chi connectivity index (χ3v) is 4.16. The normalized spacial score (nSPS) is 20.6. The van der Waals surface area contributed by atoms with Gasteiger partial charge in [0.2, 0.25) is 0 Å². The lowest BCUT2D eigenvalue weighted by molar-refractivity contribution is -0.0574. The first-order valence-corrected chi connectivity index (χ1v) is 7.63. The zero-order chi connectivity index (χ0) is 14.7. The maximum atomic E-state index is 13.3. The maximum absolute atomic E-state index is 13.3. The number of nitrogens with zero attached hydrogens (tertiary/aromatic N) is 1. The molecule has 2 aliphatic heterocycles. The van der Waals surface area contributed by atoms with Crippen LogP contribution in [0.15, 0.2) is 18.2 Å². The van der Waals surface area contributed by atoms with E-state index in [1.807, 2.05) is 11.0 Å². The van der Waals surface area contributed by atoms with Crippen LogP contribution in [0.4, 0.5) is 10.1 Å². The molecular weight excluding hydrogens is 273 g/mol. The van der Waals surface area contributed by atoms with Crippen molar-refractivity contribution in [2.75, 3.05) is 37.8 Å². The molecule has 1 fully saturated rings. The smallest absolute Gasteiger partial charge is 0.125 e. The largest absolute Gasteiger partial charge is 0.389 e. The van der Waals surface area contributed by atoms with Crippen LogP contribution in [-0.2, 0) is 15.9 Å². The molecule has 0 saturated carbocycles. The highest BCUT2D eigenvalue weighted by molar-refractivity contribution is 5.58. The molecule has 5 heteroatoms. The minimum absolute atomic E-state index is 0.191. The summed E-state index contributed by atoms with van der Waals surface area (Å²) in [4.78, 5) is 2.04. The first kappa shape index (κ1) is 14.8. The Kier molecular flexibility index (Phi) is 4.73. The molecule has 1 atom stereocenters. The van der Waals surface area contributed by atoms with Crippen molar-refractivity contribution in [3.8, 4) is 0 Å². The number of hydrogen-bond donors (Lipinski definition) is 1. The van der Waals surface area contributed by atoms with Crippen molar-refractivity contribution in [1.82, 2.24) is 0 Å². The minimum atomic E-state index is -0.554. The predicted octanol–water partition coefficient (Wildman–Crippen LogP) is 1.74. The molecule has 0 amide bonds. The van der Waals surface area contributed by atoms with Crippen LogP contribution in [-0.4, -0.2) is 50.2 Å². The summed E-state index contributed by atoms with van der Waals surface area (Å²) >= 11 is 0. The van der Waals surface area contributed by atoms with Crippen molar-refractivity contribution in [2.45, 2.75) is 31.5 Å². The Hall–Kier alpha value is -1.17. The fourth-order valence-corrected chi connectivity index (χ4v) is 3.01. The molecule has 0 spiro atoms. The molecule has 0 bridgehead atoms. The first-order valence-electron chi connectivity index (χ1n) is 7.63. The second-order valence-electron chi connectivity index (χ2n) is 5.77. The minimum Gasteiger partial charge on any atom is -0.389 e. The molecule has 0 aromatic heterocycles. The van der Waals surface area contributed by atoms with Gasteiger partial charge in [0.1, 0.15) is 5.82 Å². The molecule has 2 heterocycles. The Morgan fingerprint density at radius 3 is 3.00 bits per heavy atom. The van der Waals surface area contributed by atoms with Gasteiger partial charge in [-0.25, -0.2) is 4.39 Å². The van der Waals surface area contributed by atoms with E-state index >= 15 is 0 Å². The number of hydrogen-bond acceptors (Lipinski definition) is 4. The Bertz CT molecular complexity index is 477. The van der Waals surface area contributed by atoms with Crippen LogP contribution >= 0.6 is 0 Å². The van der Waals surface area contributed by atoms with Gasteiger partial charge in [-0.05, 0) is 37.0 Å². The highest BCUT2D eigenvalue weighted by Crippen LogP contribution is 2.28. The number of anilines is 1. The fraction of sp³-hybridized carbons (Fsp3) is 0.625. The van der Waals surface area contributed by atoms with Gasteiger partial charge in [-0.3, -0.25) is 0 Å². The fourth-order valence-electron chi connectivity index (χ4n) is 3.01. The highest BCUT2D eigenvalue weighted by atomic mass is 19.1. The molecule has 1 N–H and O–H groups in total. The van der Waals surface area contributed by atoms with E-state index in [0.717, 1.165) is 50.3 Å². The van der Waals surface area contributed by atoms with Gasteiger partial charge in [0.15, 0.2) is 0 Å². The maximum Gasteiger partial charge on any atom is 0.125 e. The number of β-amino-alcohol motifs (C(OH)–C–C–N with tert-alkyl or cyclic N) is 1. The SMILES string of the molecule is OC(COC1CCOCC1)CN1CCc2ccc(F)cc21. The van der Waals surface area contributed by atoms with Crippen LogP contribution in [0.3, 0.4) is 0 Å². The van der Waals surface area contributed by atoms with Gasteiger partial charge in [-0.2, -0.15) is 0 Å². The Labute approximate surface area is 124 Å².